The molecule has 0 spiro atoms. The van der Waals surface area contributed by atoms with E-state index < -0.39 is 10.9 Å². The lowest BCUT2D eigenvalue weighted by atomic mass is 10.0. The molecule has 0 bridgehead atoms. The monoisotopic (exact) mass is 419 g/mol. The SMILES string of the molecule is CC[C@@H](Nc1c(N2CCOc3c(C(=O)N(C)C)cccc32)c(=O)c1=O)c1ccccc1. The Balaban J connectivity index is 1.73. The Bertz CT molecular complexity index is 1180. The molecule has 1 amide bonds. The van der Waals surface area contributed by atoms with Crippen LogP contribution in [0.2, 0.25) is 0 Å². The molecule has 1 atom stereocenters. The molecular formula is C24H25N3O4. The molecular weight excluding hydrogens is 394 g/mol. The molecule has 1 heterocycles. The minimum absolute atomic E-state index is 0.0922. The lowest BCUT2D eigenvalue weighted by molar-refractivity contribution is 0.0823. The van der Waals surface area contributed by atoms with Crippen molar-refractivity contribution in [1.29, 1.82) is 0 Å². The number of amides is 1. The van der Waals surface area contributed by atoms with Crippen LogP contribution < -0.4 is 25.8 Å². The van der Waals surface area contributed by atoms with Gasteiger partial charge in [-0.3, -0.25) is 14.4 Å². The van der Waals surface area contributed by atoms with Crippen LogP contribution in [0.1, 0.15) is 35.3 Å². The van der Waals surface area contributed by atoms with Gasteiger partial charge in [-0.05, 0) is 24.1 Å². The number of benzene rings is 2. The van der Waals surface area contributed by atoms with Crippen LogP contribution in [0, 0.1) is 0 Å². The van der Waals surface area contributed by atoms with Gasteiger partial charge in [0.1, 0.15) is 18.0 Å². The van der Waals surface area contributed by atoms with E-state index in [1.165, 1.54) is 4.90 Å². The quantitative estimate of drug-likeness (QED) is 0.619. The number of fused-ring (bicyclic) bond motifs is 1. The summed E-state index contributed by atoms with van der Waals surface area (Å²) in [6, 6.07) is 15.0. The van der Waals surface area contributed by atoms with Crippen molar-refractivity contribution in [3.8, 4) is 5.75 Å². The second-order valence-electron chi connectivity index (χ2n) is 7.75. The van der Waals surface area contributed by atoms with Gasteiger partial charge in [0.2, 0.25) is 0 Å². The van der Waals surface area contributed by atoms with Gasteiger partial charge in [0.25, 0.3) is 16.8 Å². The molecule has 0 radical (unpaired) electrons. The fourth-order valence-electron chi connectivity index (χ4n) is 3.94. The third kappa shape index (κ3) is 3.56. The summed E-state index contributed by atoms with van der Waals surface area (Å²) < 4.78 is 5.82. The average molecular weight is 419 g/mol. The highest BCUT2D eigenvalue weighted by Crippen LogP contribution is 2.41. The second-order valence-corrected chi connectivity index (χ2v) is 7.75. The zero-order valence-corrected chi connectivity index (χ0v) is 17.8. The van der Waals surface area contributed by atoms with Crippen molar-refractivity contribution >= 4 is 23.0 Å². The van der Waals surface area contributed by atoms with Crippen LogP contribution in [0.3, 0.4) is 0 Å². The van der Waals surface area contributed by atoms with Crippen molar-refractivity contribution in [3.63, 3.8) is 0 Å². The standard InChI is InChI=1S/C24H25N3O4/c1-4-17(15-9-6-5-7-10-15)25-19-20(22(29)21(19)28)27-13-14-31-23-16(24(30)26(2)3)11-8-12-18(23)27/h5-12,17,25H,4,13-14H2,1-3H3/t17-/m1/s1. The minimum atomic E-state index is -0.525. The summed E-state index contributed by atoms with van der Waals surface area (Å²) >= 11 is 0. The molecule has 0 fully saturated rings. The molecule has 0 saturated heterocycles. The lowest BCUT2D eigenvalue weighted by Gasteiger charge is -2.34. The number of anilines is 3. The fraction of sp³-hybridized carbons (Fsp3) is 0.292. The van der Waals surface area contributed by atoms with Crippen molar-refractivity contribution in [1.82, 2.24) is 4.90 Å². The smallest absolute Gasteiger partial charge is 0.257 e. The molecule has 4 rings (SSSR count). The van der Waals surface area contributed by atoms with Crippen LogP contribution in [0.25, 0.3) is 0 Å². The predicted molar refractivity (Wildman–Crippen MR) is 121 cm³/mol. The normalized spacial score (nSPS) is 14.0. The van der Waals surface area contributed by atoms with Gasteiger partial charge in [-0.2, -0.15) is 0 Å². The molecule has 0 saturated carbocycles. The number of rotatable bonds is 6. The van der Waals surface area contributed by atoms with Crippen molar-refractivity contribution < 1.29 is 9.53 Å². The summed E-state index contributed by atoms with van der Waals surface area (Å²) in [5, 5.41) is 3.29. The molecule has 7 nitrogen and oxygen atoms in total. The van der Waals surface area contributed by atoms with E-state index in [-0.39, 0.29) is 11.9 Å². The maximum Gasteiger partial charge on any atom is 0.257 e. The number of nitrogens with one attached hydrogen (secondary N) is 1. The van der Waals surface area contributed by atoms with E-state index in [2.05, 4.69) is 5.32 Å². The molecule has 31 heavy (non-hydrogen) atoms. The van der Waals surface area contributed by atoms with Crippen LogP contribution in [-0.4, -0.2) is 38.1 Å². The molecule has 7 heteroatoms. The Morgan fingerprint density at radius 2 is 1.84 bits per heavy atom. The van der Waals surface area contributed by atoms with Gasteiger partial charge < -0.3 is 19.9 Å². The van der Waals surface area contributed by atoms with Crippen molar-refractivity contribution in [3.05, 3.63) is 80.1 Å². The highest BCUT2D eigenvalue weighted by atomic mass is 16.5. The molecule has 1 aliphatic heterocycles. The van der Waals surface area contributed by atoms with Gasteiger partial charge in [-0.1, -0.05) is 43.3 Å². The summed E-state index contributed by atoms with van der Waals surface area (Å²) in [6.45, 7) is 2.74. The third-order valence-electron chi connectivity index (χ3n) is 5.57. The Morgan fingerprint density at radius 3 is 2.52 bits per heavy atom. The molecule has 1 N–H and O–H groups in total. The van der Waals surface area contributed by atoms with Gasteiger partial charge in [0, 0.05) is 14.1 Å². The van der Waals surface area contributed by atoms with Gasteiger partial charge in [0.15, 0.2) is 5.75 Å². The second kappa shape index (κ2) is 8.26. The van der Waals surface area contributed by atoms with Crippen LogP contribution in [0.4, 0.5) is 17.1 Å². The summed E-state index contributed by atoms with van der Waals surface area (Å²) in [4.78, 5) is 40.9. The molecule has 0 aromatic heterocycles. The number of hydrogen-bond donors (Lipinski definition) is 1. The number of para-hydroxylation sites is 1. The number of hydrogen-bond acceptors (Lipinski definition) is 6. The summed E-state index contributed by atoms with van der Waals surface area (Å²) in [5.41, 5.74) is 1.69. The van der Waals surface area contributed by atoms with Crippen LogP contribution in [0.15, 0.2) is 58.1 Å². The highest BCUT2D eigenvalue weighted by Gasteiger charge is 2.33. The van der Waals surface area contributed by atoms with E-state index in [0.717, 1.165) is 12.0 Å². The lowest BCUT2D eigenvalue weighted by Crippen LogP contribution is -2.44. The van der Waals surface area contributed by atoms with Gasteiger partial charge in [-0.25, -0.2) is 0 Å². The predicted octanol–water partition coefficient (Wildman–Crippen LogP) is 3.08. The van der Waals surface area contributed by atoms with Gasteiger partial charge in [0.05, 0.1) is 23.8 Å². The summed E-state index contributed by atoms with van der Waals surface area (Å²) in [6.07, 6.45) is 0.753. The van der Waals surface area contributed by atoms with Crippen molar-refractivity contribution in [2.75, 3.05) is 37.5 Å². The van der Waals surface area contributed by atoms with Gasteiger partial charge in [-0.15, -0.1) is 0 Å². The van der Waals surface area contributed by atoms with E-state index in [1.54, 1.807) is 37.2 Å². The number of carbonyl (C=O) groups is 1. The minimum Gasteiger partial charge on any atom is -0.489 e. The average Bonchev–Trinajstić information content (AvgIpc) is 2.80. The number of carbonyl (C=O) groups excluding carboxylic acids is 1. The first-order valence-corrected chi connectivity index (χ1v) is 10.3. The van der Waals surface area contributed by atoms with E-state index >= 15 is 0 Å². The topological polar surface area (TPSA) is 79.0 Å². The molecule has 0 aliphatic carbocycles. The molecule has 0 unspecified atom stereocenters. The van der Waals surface area contributed by atoms with Crippen molar-refractivity contribution in [2.24, 2.45) is 0 Å². The first kappa shape index (κ1) is 20.7. The maximum absolute atomic E-state index is 12.6. The Kier molecular flexibility index (Phi) is 5.50. The van der Waals surface area contributed by atoms with E-state index in [0.29, 0.717) is 41.5 Å². The largest absolute Gasteiger partial charge is 0.489 e. The molecule has 1 aliphatic rings. The van der Waals surface area contributed by atoms with E-state index in [4.69, 9.17) is 4.74 Å². The first-order valence-electron chi connectivity index (χ1n) is 10.3. The molecule has 160 valence electrons. The Labute approximate surface area is 180 Å². The third-order valence-corrected chi connectivity index (χ3v) is 5.57. The van der Waals surface area contributed by atoms with Crippen LogP contribution in [0.5, 0.6) is 5.75 Å². The zero-order chi connectivity index (χ0) is 22.1. The summed E-state index contributed by atoms with van der Waals surface area (Å²) in [7, 11) is 3.35. The highest BCUT2D eigenvalue weighted by molar-refractivity contribution is 5.99. The van der Waals surface area contributed by atoms with Crippen molar-refractivity contribution in [2.45, 2.75) is 19.4 Å². The maximum atomic E-state index is 12.6. The fourth-order valence-corrected chi connectivity index (χ4v) is 3.94. The Hall–Kier alpha value is -3.61. The van der Waals surface area contributed by atoms with Crippen LogP contribution in [-0.2, 0) is 0 Å². The zero-order valence-electron chi connectivity index (χ0n) is 17.8. The Morgan fingerprint density at radius 1 is 1.10 bits per heavy atom. The van der Waals surface area contributed by atoms with Gasteiger partial charge >= 0.3 is 0 Å². The van der Waals surface area contributed by atoms with Crippen LogP contribution >= 0.6 is 0 Å². The first-order chi connectivity index (χ1) is 14.9. The van der Waals surface area contributed by atoms with E-state index in [1.807, 2.05) is 37.3 Å². The number of nitrogens with zero attached hydrogens (tertiary/aromatic N) is 2. The van der Waals surface area contributed by atoms with E-state index in [9.17, 15) is 14.4 Å². The number of ether oxygens (including phenoxy) is 1. The molecule has 3 aromatic carbocycles. The summed E-state index contributed by atoms with van der Waals surface area (Å²) in [5.74, 6) is 0.249. The molecule has 3 aromatic rings.